The van der Waals surface area contributed by atoms with Crippen molar-refractivity contribution in [1.29, 1.82) is 0 Å². The van der Waals surface area contributed by atoms with Gasteiger partial charge in [0.25, 0.3) is 0 Å². The van der Waals surface area contributed by atoms with Gasteiger partial charge in [-0.25, -0.2) is 0 Å². The molecule has 1 aliphatic carbocycles. The molecular formula is C12H26O. The lowest BCUT2D eigenvalue weighted by atomic mass is 10.0. The maximum absolute atomic E-state index is 4.85. The molecule has 0 N–H and O–H groups in total. The molecule has 0 aromatic heterocycles. The molecule has 0 bridgehead atoms. The highest BCUT2D eigenvalue weighted by atomic mass is 16.5. The van der Waals surface area contributed by atoms with Gasteiger partial charge in [-0.3, -0.25) is 0 Å². The maximum atomic E-state index is 4.85. The summed E-state index contributed by atoms with van der Waals surface area (Å²) in [6.07, 6.45) is 10.2. The fraction of sp³-hybridized carbons (Fsp3) is 1.00. The van der Waals surface area contributed by atoms with Gasteiger partial charge in [0.05, 0.1) is 0 Å². The minimum absolute atomic E-state index is 0.778. The molecule has 1 fully saturated rings. The summed E-state index contributed by atoms with van der Waals surface area (Å²) in [7, 11) is 1.74. The van der Waals surface area contributed by atoms with Crippen molar-refractivity contribution in [3.05, 3.63) is 0 Å². The number of rotatable bonds is 3. The van der Waals surface area contributed by atoms with Crippen LogP contribution in [0.15, 0.2) is 0 Å². The third-order valence-electron chi connectivity index (χ3n) is 2.40. The molecule has 80 valence electrons. The van der Waals surface area contributed by atoms with Crippen LogP contribution in [-0.4, -0.2) is 13.7 Å². The second-order valence-electron chi connectivity index (χ2n) is 4.30. The second kappa shape index (κ2) is 10.0. The Hall–Kier alpha value is -0.0400. The molecule has 0 aromatic rings. The molecule has 0 spiro atoms. The van der Waals surface area contributed by atoms with Gasteiger partial charge in [0, 0.05) is 13.7 Å². The Morgan fingerprint density at radius 3 is 1.46 bits per heavy atom. The summed E-state index contributed by atoms with van der Waals surface area (Å²) in [5.41, 5.74) is 0. The van der Waals surface area contributed by atoms with Crippen LogP contribution in [0.25, 0.3) is 0 Å². The van der Waals surface area contributed by atoms with Crippen molar-refractivity contribution in [2.45, 2.75) is 58.8 Å². The SMILES string of the molecule is C1CCCCC1.COCCC(C)C. The van der Waals surface area contributed by atoms with E-state index in [0.717, 1.165) is 12.5 Å². The largest absolute Gasteiger partial charge is 0.385 e. The zero-order chi connectivity index (χ0) is 9.94. The molecule has 0 amide bonds. The summed E-state index contributed by atoms with van der Waals surface area (Å²) in [5.74, 6) is 0.778. The molecule has 0 aromatic carbocycles. The number of hydrogen-bond acceptors (Lipinski definition) is 1. The first-order valence-electron chi connectivity index (χ1n) is 5.76. The highest BCUT2D eigenvalue weighted by Gasteiger charge is 1.95. The summed E-state index contributed by atoms with van der Waals surface area (Å²) < 4.78 is 4.85. The van der Waals surface area contributed by atoms with Crippen LogP contribution in [0.2, 0.25) is 0 Å². The maximum Gasteiger partial charge on any atom is 0.0464 e. The van der Waals surface area contributed by atoms with Crippen LogP contribution in [0.1, 0.15) is 58.8 Å². The fourth-order valence-corrected chi connectivity index (χ4v) is 1.41. The molecule has 1 nitrogen and oxygen atoms in total. The molecule has 0 saturated heterocycles. The molecule has 1 saturated carbocycles. The van der Waals surface area contributed by atoms with E-state index in [4.69, 9.17) is 4.74 Å². The molecule has 0 unspecified atom stereocenters. The third-order valence-corrected chi connectivity index (χ3v) is 2.40. The minimum atomic E-state index is 0.778. The highest BCUT2D eigenvalue weighted by molar-refractivity contribution is 4.51. The molecule has 1 heteroatoms. The van der Waals surface area contributed by atoms with Gasteiger partial charge in [-0.1, -0.05) is 52.4 Å². The predicted octanol–water partition coefficient (Wildman–Crippen LogP) is 4.02. The molecule has 1 aliphatic rings. The van der Waals surface area contributed by atoms with Crippen LogP contribution in [0.3, 0.4) is 0 Å². The fourth-order valence-electron chi connectivity index (χ4n) is 1.41. The Morgan fingerprint density at radius 2 is 1.31 bits per heavy atom. The lowest BCUT2D eigenvalue weighted by Crippen LogP contribution is -1.93. The van der Waals surface area contributed by atoms with Crippen LogP contribution in [0.4, 0.5) is 0 Å². The zero-order valence-electron chi connectivity index (χ0n) is 9.64. The van der Waals surface area contributed by atoms with E-state index < -0.39 is 0 Å². The highest BCUT2D eigenvalue weighted by Crippen LogP contribution is 2.15. The van der Waals surface area contributed by atoms with Crippen molar-refractivity contribution >= 4 is 0 Å². The first-order valence-corrected chi connectivity index (χ1v) is 5.76. The van der Waals surface area contributed by atoms with Crippen molar-refractivity contribution in [3.63, 3.8) is 0 Å². The Kier molecular flexibility index (Phi) is 10.0. The zero-order valence-corrected chi connectivity index (χ0v) is 9.64. The lowest BCUT2D eigenvalue weighted by Gasteiger charge is -2.05. The van der Waals surface area contributed by atoms with Gasteiger partial charge in [0.2, 0.25) is 0 Å². The van der Waals surface area contributed by atoms with Crippen molar-refractivity contribution in [1.82, 2.24) is 0 Å². The van der Waals surface area contributed by atoms with Gasteiger partial charge >= 0.3 is 0 Å². The number of methoxy groups -OCH3 is 1. The molecule has 0 heterocycles. The Balaban J connectivity index is 0.000000223. The summed E-state index contributed by atoms with van der Waals surface area (Å²) in [4.78, 5) is 0. The quantitative estimate of drug-likeness (QED) is 0.647. The molecule has 1 rings (SSSR count). The summed E-state index contributed by atoms with van der Waals surface area (Å²) >= 11 is 0. The van der Waals surface area contributed by atoms with Crippen LogP contribution in [0, 0.1) is 5.92 Å². The van der Waals surface area contributed by atoms with Crippen molar-refractivity contribution in [2.75, 3.05) is 13.7 Å². The lowest BCUT2D eigenvalue weighted by molar-refractivity contribution is 0.183. The van der Waals surface area contributed by atoms with Gasteiger partial charge < -0.3 is 4.74 Å². The Morgan fingerprint density at radius 1 is 0.923 bits per heavy atom. The Labute approximate surface area is 83.9 Å². The van der Waals surface area contributed by atoms with Crippen molar-refractivity contribution in [3.8, 4) is 0 Å². The summed E-state index contributed by atoms with van der Waals surface area (Å²) in [5, 5.41) is 0. The van der Waals surface area contributed by atoms with E-state index >= 15 is 0 Å². The van der Waals surface area contributed by atoms with E-state index in [2.05, 4.69) is 13.8 Å². The number of hydrogen-bond donors (Lipinski definition) is 0. The smallest absolute Gasteiger partial charge is 0.0464 e. The average molecular weight is 186 g/mol. The third kappa shape index (κ3) is 12.0. The van der Waals surface area contributed by atoms with Crippen LogP contribution < -0.4 is 0 Å². The van der Waals surface area contributed by atoms with E-state index in [1.165, 1.54) is 44.9 Å². The average Bonchev–Trinajstić information content (AvgIpc) is 2.18. The standard InChI is InChI=1S/C6H14O.C6H12/c1-6(2)4-5-7-3;1-2-4-6-5-3-1/h6H,4-5H2,1-3H3;1-6H2. The van der Waals surface area contributed by atoms with E-state index in [1.807, 2.05) is 0 Å². The molecule has 0 aliphatic heterocycles. The van der Waals surface area contributed by atoms with E-state index in [9.17, 15) is 0 Å². The van der Waals surface area contributed by atoms with Crippen LogP contribution >= 0.6 is 0 Å². The molecular weight excluding hydrogens is 160 g/mol. The topological polar surface area (TPSA) is 9.23 Å². The van der Waals surface area contributed by atoms with Gasteiger partial charge in [0.1, 0.15) is 0 Å². The van der Waals surface area contributed by atoms with E-state index in [-0.39, 0.29) is 0 Å². The van der Waals surface area contributed by atoms with Crippen molar-refractivity contribution in [2.24, 2.45) is 5.92 Å². The van der Waals surface area contributed by atoms with Gasteiger partial charge in [-0.15, -0.1) is 0 Å². The van der Waals surface area contributed by atoms with E-state index in [0.29, 0.717) is 0 Å². The van der Waals surface area contributed by atoms with Gasteiger partial charge in [-0.05, 0) is 12.3 Å². The monoisotopic (exact) mass is 186 g/mol. The van der Waals surface area contributed by atoms with Crippen LogP contribution in [-0.2, 0) is 4.74 Å². The first-order chi connectivity index (χ1) is 6.27. The Bertz CT molecular complexity index is 73.6. The number of ether oxygens (including phenoxy) is 1. The van der Waals surface area contributed by atoms with Gasteiger partial charge in [0.15, 0.2) is 0 Å². The van der Waals surface area contributed by atoms with Crippen molar-refractivity contribution < 1.29 is 4.74 Å². The summed E-state index contributed by atoms with van der Waals surface area (Å²) in [6, 6.07) is 0. The normalized spacial score (nSPS) is 16.6. The molecule has 13 heavy (non-hydrogen) atoms. The summed E-state index contributed by atoms with van der Waals surface area (Å²) in [6.45, 7) is 5.29. The minimum Gasteiger partial charge on any atom is -0.385 e. The van der Waals surface area contributed by atoms with Gasteiger partial charge in [-0.2, -0.15) is 0 Å². The van der Waals surface area contributed by atoms with E-state index in [1.54, 1.807) is 7.11 Å². The molecule has 0 radical (unpaired) electrons. The first kappa shape index (κ1) is 13.0. The van der Waals surface area contributed by atoms with Crippen LogP contribution in [0.5, 0.6) is 0 Å². The molecule has 0 atom stereocenters. The second-order valence-corrected chi connectivity index (χ2v) is 4.30. The predicted molar refractivity (Wildman–Crippen MR) is 59.0 cm³/mol.